The zero-order valence-corrected chi connectivity index (χ0v) is 15.1. The van der Waals surface area contributed by atoms with E-state index < -0.39 is 0 Å². The molecule has 24 heavy (non-hydrogen) atoms. The molecule has 0 unspecified atom stereocenters. The SMILES string of the molecule is COc1cccc(-c2nnn(CCSc3cc(Cl)ccc3Cl)n2)c1. The Kier molecular flexibility index (Phi) is 5.60. The summed E-state index contributed by atoms with van der Waals surface area (Å²) in [5.74, 6) is 2.09. The second-order valence-electron chi connectivity index (χ2n) is 4.86. The van der Waals surface area contributed by atoms with Gasteiger partial charge in [-0.2, -0.15) is 4.80 Å². The van der Waals surface area contributed by atoms with Crippen molar-refractivity contribution in [1.82, 2.24) is 20.2 Å². The molecule has 0 saturated heterocycles. The number of hydrogen-bond acceptors (Lipinski definition) is 5. The van der Waals surface area contributed by atoms with E-state index in [0.717, 1.165) is 22.0 Å². The van der Waals surface area contributed by atoms with Crippen molar-refractivity contribution in [3.05, 3.63) is 52.5 Å². The van der Waals surface area contributed by atoms with E-state index in [4.69, 9.17) is 27.9 Å². The smallest absolute Gasteiger partial charge is 0.205 e. The van der Waals surface area contributed by atoms with E-state index in [1.165, 1.54) is 0 Å². The molecule has 3 aromatic rings. The summed E-state index contributed by atoms with van der Waals surface area (Å²) >= 11 is 13.7. The summed E-state index contributed by atoms with van der Waals surface area (Å²) in [4.78, 5) is 2.51. The third-order valence-corrected chi connectivity index (χ3v) is 4.94. The third-order valence-electron chi connectivity index (χ3n) is 3.22. The molecular formula is C16H14Cl2N4OS. The van der Waals surface area contributed by atoms with Crippen molar-refractivity contribution in [2.24, 2.45) is 0 Å². The van der Waals surface area contributed by atoms with E-state index >= 15 is 0 Å². The molecule has 0 aliphatic carbocycles. The number of halogens is 2. The highest BCUT2D eigenvalue weighted by molar-refractivity contribution is 7.99. The van der Waals surface area contributed by atoms with Crippen LogP contribution in [0.3, 0.4) is 0 Å². The molecule has 1 aromatic heterocycles. The number of methoxy groups -OCH3 is 1. The fourth-order valence-electron chi connectivity index (χ4n) is 2.04. The van der Waals surface area contributed by atoms with Gasteiger partial charge in [0.05, 0.1) is 18.7 Å². The Balaban J connectivity index is 1.63. The van der Waals surface area contributed by atoms with E-state index in [1.54, 1.807) is 35.8 Å². The Bertz CT molecular complexity index is 840. The minimum atomic E-state index is 0.569. The fraction of sp³-hybridized carbons (Fsp3) is 0.188. The van der Waals surface area contributed by atoms with Crippen molar-refractivity contribution in [2.45, 2.75) is 11.4 Å². The van der Waals surface area contributed by atoms with Crippen LogP contribution in [0.15, 0.2) is 47.4 Å². The van der Waals surface area contributed by atoms with E-state index in [9.17, 15) is 0 Å². The second-order valence-corrected chi connectivity index (χ2v) is 6.84. The van der Waals surface area contributed by atoms with Crippen LogP contribution in [-0.4, -0.2) is 33.1 Å². The Morgan fingerprint density at radius 1 is 1.17 bits per heavy atom. The number of ether oxygens (including phenoxy) is 1. The number of aryl methyl sites for hydroxylation is 1. The van der Waals surface area contributed by atoms with Crippen LogP contribution in [0.1, 0.15) is 0 Å². The second kappa shape index (κ2) is 7.88. The maximum atomic E-state index is 6.15. The molecular weight excluding hydrogens is 367 g/mol. The Labute approximate surface area is 153 Å². The fourth-order valence-corrected chi connectivity index (χ4v) is 3.45. The quantitative estimate of drug-likeness (QED) is 0.591. The molecule has 0 aliphatic rings. The van der Waals surface area contributed by atoms with Crippen molar-refractivity contribution >= 4 is 35.0 Å². The Hall–Kier alpha value is -1.76. The summed E-state index contributed by atoms with van der Waals surface area (Å²) in [5.41, 5.74) is 0.867. The summed E-state index contributed by atoms with van der Waals surface area (Å²) in [6.07, 6.45) is 0. The number of aromatic nitrogens is 4. The molecule has 5 nitrogen and oxygen atoms in total. The molecule has 2 aromatic carbocycles. The first kappa shape index (κ1) is 17.1. The van der Waals surface area contributed by atoms with E-state index in [1.807, 2.05) is 30.3 Å². The van der Waals surface area contributed by atoms with Crippen LogP contribution >= 0.6 is 35.0 Å². The van der Waals surface area contributed by atoms with E-state index in [-0.39, 0.29) is 0 Å². The normalized spacial score (nSPS) is 10.8. The van der Waals surface area contributed by atoms with Gasteiger partial charge in [-0.3, -0.25) is 0 Å². The van der Waals surface area contributed by atoms with Crippen LogP contribution in [0.2, 0.25) is 10.0 Å². The zero-order valence-electron chi connectivity index (χ0n) is 12.8. The molecule has 0 fully saturated rings. The number of benzene rings is 2. The first-order valence-electron chi connectivity index (χ1n) is 7.16. The highest BCUT2D eigenvalue weighted by Crippen LogP contribution is 2.29. The number of nitrogens with zero attached hydrogens (tertiary/aromatic N) is 4. The number of tetrazole rings is 1. The van der Waals surface area contributed by atoms with Crippen LogP contribution in [0.25, 0.3) is 11.4 Å². The van der Waals surface area contributed by atoms with Gasteiger partial charge in [0, 0.05) is 21.2 Å². The summed E-state index contributed by atoms with van der Waals surface area (Å²) in [7, 11) is 1.63. The van der Waals surface area contributed by atoms with Crippen molar-refractivity contribution in [3.63, 3.8) is 0 Å². The number of rotatable bonds is 6. The minimum Gasteiger partial charge on any atom is -0.497 e. The lowest BCUT2D eigenvalue weighted by molar-refractivity contribution is 0.415. The molecule has 0 spiro atoms. The molecule has 0 radical (unpaired) electrons. The third kappa shape index (κ3) is 4.20. The standard InChI is InChI=1S/C16H14Cl2N4OS/c1-23-13-4-2-3-11(9-13)16-19-21-22(20-16)7-8-24-15-10-12(17)5-6-14(15)18/h2-6,9-10H,7-8H2,1H3. The highest BCUT2D eigenvalue weighted by Gasteiger charge is 2.08. The summed E-state index contributed by atoms with van der Waals surface area (Å²) in [5, 5.41) is 13.9. The monoisotopic (exact) mass is 380 g/mol. The lowest BCUT2D eigenvalue weighted by atomic mass is 10.2. The molecule has 8 heteroatoms. The van der Waals surface area contributed by atoms with Crippen molar-refractivity contribution in [2.75, 3.05) is 12.9 Å². The molecule has 124 valence electrons. The van der Waals surface area contributed by atoms with E-state index in [0.29, 0.717) is 22.4 Å². The van der Waals surface area contributed by atoms with Crippen LogP contribution in [0.4, 0.5) is 0 Å². The van der Waals surface area contributed by atoms with Gasteiger partial charge in [0.2, 0.25) is 5.82 Å². The van der Waals surface area contributed by atoms with Crippen molar-refractivity contribution in [3.8, 4) is 17.1 Å². The molecule has 0 saturated carbocycles. The van der Waals surface area contributed by atoms with Gasteiger partial charge >= 0.3 is 0 Å². The zero-order chi connectivity index (χ0) is 16.9. The lowest BCUT2D eigenvalue weighted by Gasteiger charge is -2.04. The molecule has 0 amide bonds. The summed E-state index contributed by atoms with van der Waals surface area (Å²) in [6, 6.07) is 13.0. The molecule has 0 N–H and O–H groups in total. The van der Waals surface area contributed by atoms with Crippen LogP contribution in [0, 0.1) is 0 Å². The van der Waals surface area contributed by atoms with Gasteiger partial charge in [0.15, 0.2) is 0 Å². The average Bonchev–Trinajstić information content (AvgIpc) is 3.07. The van der Waals surface area contributed by atoms with Crippen LogP contribution in [0.5, 0.6) is 5.75 Å². The predicted molar refractivity (Wildman–Crippen MR) is 97.0 cm³/mol. The van der Waals surface area contributed by atoms with E-state index in [2.05, 4.69) is 15.4 Å². The summed E-state index contributed by atoms with van der Waals surface area (Å²) in [6.45, 7) is 0.616. The maximum absolute atomic E-state index is 6.15. The number of hydrogen-bond donors (Lipinski definition) is 0. The Morgan fingerprint density at radius 3 is 2.88 bits per heavy atom. The molecule has 3 rings (SSSR count). The van der Waals surface area contributed by atoms with Gasteiger partial charge in [-0.05, 0) is 35.5 Å². The van der Waals surface area contributed by atoms with Crippen LogP contribution < -0.4 is 4.74 Å². The van der Waals surface area contributed by atoms with Gasteiger partial charge in [-0.1, -0.05) is 35.3 Å². The van der Waals surface area contributed by atoms with Gasteiger partial charge in [0.25, 0.3) is 0 Å². The Morgan fingerprint density at radius 2 is 2.04 bits per heavy atom. The lowest BCUT2D eigenvalue weighted by Crippen LogP contribution is -2.04. The van der Waals surface area contributed by atoms with Gasteiger partial charge in [0.1, 0.15) is 5.75 Å². The molecule has 1 heterocycles. The topological polar surface area (TPSA) is 52.8 Å². The highest BCUT2D eigenvalue weighted by atomic mass is 35.5. The van der Waals surface area contributed by atoms with Crippen molar-refractivity contribution < 1.29 is 4.74 Å². The molecule has 0 atom stereocenters. The first-order chi connectivity index (χ1) is 11.7. The first-order valence-corrected chi connectivity index (χ1v) is 8.90. The van der Waals surface area contributed by atoms with Crippen LogP contribution in [-0.2, 0) is 6.54 Å². The summed E-state index contributed by atoms with van der Waals surface area (Å²) < 4.78 is 5.21. The largest absolute Gasteiger partial charge is 0.497 e. The minimum absolute atomic E-state index is 0.569. The van der Waals surface area contributed by atoms with Gasteiger partial charge < -0.3 is 4.74 Å². The van der Waals surface area contributed by atoms with Crippen molar-refractivity contribution in [1.29, 1.82) is 0 Å². The molecule has 0 aliphatic heterocycles. The number of thioether (sulfide) groups is 1. The van der Waals surface area contributed by atoms with Gasteiger partial charge in [-0.15, -0.1) is 22.0 Å². The average molecular weight is 381 g/mol. The molecule has 0 bridgehead atoms. The predicted octanol–water partition coefficient (Wildman–Crippen LogP) is 4.45. The van der Waals surface area contributed by atoms with Gasteiger partial charge in [-0.25, -0.2) is 0 Å². The maximum Gasteiger partial charge on any atom is 0.205 e.